The molecule has 5 nitrogen and oxygen atoms in total. The zero-order valence-corrected chi connectivity index (χ0v) is 11.7. The maximum atomic E-state index is 10.1. The van der Waals surface area contributed by atoms with Gasteiger partial charge in [-0.1, -0.05) is 18.9 Å². The molecule has 2 unspecified atom stereocenters. The SMILES string of the molecule is CN(Cc1nc2c(N)cccc2o1)C1CCCCC1O. The lowest BCUT2D eigenvalue weighted by molar-refractivity contribution is 0.0258. The van der Waals surface area contributed by atoms with Crippen LogP contribution in [-0.4, -0.2) is 34.2 Å². The van der Waals surface area contributed by atoms with Crippen LogP contribution in [0.1, 0.15) is 31.6 Å². The molecule has 0 amide bonds. The summed E-state index contributed by atoms with van der Waals surface area (Å²) in [5.74, 6) is 0.651. The lowest BCUT2D eigenvalue weighted by Crippen LogP contribution is -2.42. The molecule has 1 fully saturated rings. The van der Waals surface area contributed by atoms with Crippen LogP contribution in [0.15, 0.2) is 22.6 Å². The largest absolute Gasteiger partial charge is 0.439 e. The molecule has 1 aromatic carbocycles. The number of nitrogen functional groups attached to an aromatic ring is 1. The summed E-state index contributed by atoms with van der Waals surface area (Å²) in [5, 5.41) is 10.1. The van der Waals surface area contributed by atoms with Crippen LogP contribution in [0.25, 0.3) is 11.1 Å². The summed E-state index contributed by atoms with van der Waals surface area (Å²) in [5.41, 5.74) is 7.97. The van der Waals surface area contributed by atoms with Crippen LogP contribution in [0.2, 0.25) is 0 Å². The van der Waals surface area contributed by atoms with Crippen molar-refractivity contribution in [1.29, 1.82) is 0 Å². The number of aliphatic hydroxyl groups is 1. The van der Waals surface area contributed by atoms with Crippen LogP contribution >= 0.6 is 0 Å². The van der Waals surface area contributed by atoms with Crippen molar-refractivity contribution in [3.8, 4) is 0 Å². The second-order valence-corrected chi connectivity index (χ2v) is 5.64. The Kier molecular flexibility index (Phi) is 3.63. The second-order valence-electron chi connectivity index (χ2n) is 5.64. The minimum atomic E-state index is -0.247. The minimum Gasteiger partial charge on any atom is -0.439 e. The molecule has 1 heterocycles. The number of benzene rings is 1. The highest BCUT2D eigenvalue weighted by molar-refractivity contribution is 5.85. The van der Waals surface area contributed by atoms with Gasteiger partial charge in [0.2, 0.25) is 5.89 Å². The van der Waals surface area contributed by atoms with E-state index in [4.69, 9.17) is 10.2 Å². The third-order valence-corrected chi connectivity index (χ3v) is 4.14. The molecule has 0 spiro atoms. The molecule has 2 aromatic rings. The predicted molar refractivity (Wildman–Crippen MR) is 78.2 cm³/mol. The van der Waals surface area contributed by atoms with E-state index in [9.17, 15) is 5.11 Å². The van der Waals surface area contributed by atoms with Crippen LogP contribution in [0.5, 0.6) is 0 Å². The van der Waals surface area contributed by atoms with Crippen molar-refractivity contribution in [1.82, 2.24) is 9.88 Å². The number of anilines is 1. The quantitative estimate of drug-likeness (QED) is 0.839. The Morgan fingerprint density at radius 2 is 2.20 bits per heavy atom. The topological polar surface area (TPSA) is 75.5 Å². The van der Waals surface area contributed by atoms with Gasteiger partial charge in [-0.05, 0) is 32.0 Å². The van der Waals surface area contributed by atoms with Crippen molar-refractivity contribution in [3.05, 3.63) is 24.1 Å². The zero-order valence-electron chi connectivity index (χ0n) is 11.7. The fraction of sp³-hybridized carbons (Fsp3) is 0.533. The number of para-hydroxylation sites is 1. The van der Waals surface area contributed by atoms with Gasteiger partial charge in [0.25, 0.3) is 0 Å². The van der Waals surface area contributed by atoms with Crippen LogP contribution in [0.3, 0.4) is 0 Å². The summed E-state index contributed by atoms with van der Waals surface area (Å²) >= 11 is 0. The molecule has 5 heteroatoms. The number of nitrogens with two attached hydrogens (primary N) is 1. The van der Waals surface area contributed by atoms with Crippen molar-refractivity contribution >= 4 is 16.8 Å². The fourth-order valence-electron chi connectivity index (χ4n) is 3.02. The monoisotopic (exact) mass is 275 g/mol. The minimum absolute atomic E-state index is 0.191. The van der Waals surface area contributed by atoms with Gasteiger partial charge in [-0.2, -0.15) is 0 Å². The third kappa shape index (κ3) is 2.51. The van der Waals surface area contributed by atoms with Crippen molar-refractivity contribution < 1.29 is 9.52 Å². The first kappa shape index (κ1) is 13.4. The standard InChI is InChI=1S/C15H21N3O2/c1-18(11-6-2-3-7-12(11)19)9-14-17-15-10(16)5-4-8-13(15)20-14/h4-5,8,11-12,19H,2-3,6-7,9,16H2,1H3. The average molecular weight is 275 g/mol. The molecule has 0 radical (unpaired) electrons. The Hall–Kier alpha value is -1.59. The van der Waals surface area contributed by atoms with Crippen LogP contribution in [0.4, 0.5) is 5.69 Å². The van der Waals surface area contributed by atoms with Gasteiger partial charge in [-0.25, -0.2) is 4.98 Å². The predicted octanol–water partition coefficient (Wildman–Crippen LogP) is 2.15. The van der Waals surface area contributed by atoms with Gasteiger partial charge in [0, 0.05) is 6.04 Å². The third-order valence-electron chi connectivity index (χ3n) is 4.14. The van der Waals surface area contributed by atoms with Crippen molar-refractivity contribution in [3.63, 3.8) is 0 Å². The number of hydrogen-bond acceptors (Lipinski definition) is 5. The van der Waals surface area contributed by atoms with E-state index in [0.29, 0.717) is 18.1 Å². The molecule has 3 N–H and O–H groups in total. The number of hydrogen-bond donors (Lipinski definition) is 2. The summed E-state index contributed by atoms with van der Waals surface area (Å²) in [6, 6.07) is 5.75. The van der Waals surface area contributed by atoms with Crippen molar-refractivity contribution in [2.45, 2.75) is 44.4 Å². The first-order valence-corrected chi connectivity index (χ1v) is 7.17. The number of nitrogens with zero attached hydrogens (tertiary/aromatic N) is 2. The van der Waals surface area contributed by atoms with Gasteiger partial charge >= 0.3 is 0 Å². The van der Waals surface area contributed by atoms with Crippen LogP contribution < -0.4 is 5.73 Å². The van der Waals surface area contributed by atoms with Crippen molar-refractivity contribution in [2.75, 3.05) is 12.8 Å². The number of fused-ring (bicyclic) bond motifs is 1. The normalized spacial score (nSPS) is 23.6. The van der Waals surface area contributed by atoms with Gasteiger partial charge in [0.05, 0.1) is 18.3 Å². The van der Waals surface area contributed by atoms with E-state index in [1.54, 1.807) is 0 Å². The van der Waals surface area contributed by atoms with Crippen LogP contribution in [0, 0.1) is 0 Å². The number of aliphatic hydroxyl groups excluding tert-OH is 1. The zero-order chi connectivity index (χ0) is 14.1. The molecule has 0 aliphatic heterocycles. The number of likely N-dealkylation sites (N-methyl/N-ethyl adjacent to an activating group) is 1. The Labute approximate surface area is 118 Å². The van der Waals surface area contributed by atoms with Gasteiger partial charge < -0.3 is 15.3 Å². The lowest BCUT2D eigenvalue weighted by Gasteiger charge is -2.34. The lowest BCUT2D eigenvalue weighted by atomic mass is 9.91. The molecule has 1 aromatic heterocycles. The van der Waals surface area contributed by atoms with E-state index >= 15 is 0 Å². The summed E-state index contributed by atoms with van der Waals surface area (Å²) in [4.78, 5) is 6.59. The van der Waals surface area contributed by atoms with Gasteiger partial charge in [-0.3, -0.25) is 4.90 Å². The molecule has 108 valence electrons. The number of oxazole rings is 1. The number of rotatable bonds is 3. The Balaban J connectivity index is 1.77. The van der Waals surface area contributed by atoms with Gasteiger partial charge in [0.15, 0.2) is 5.58 Å². The molecule has 0 saturated heterocycles. The summed E-state index contributed by atoms with van der Waals surface area (Å²) in [7, 11) is 2.01. The summed E-state index contributed by atoms with van der Waals surface area (Å²) in [6.07, 6.45) is 3.95. The first-order valence-electron chi connectivity index (χ1n) is 7.17. The molecule has 1 saturated carbocycles. The highest BCUT2D eigenvalue weighted by Crippen LogP contribution is 2.25. The number of aromatic nitrogens is 1. The fourth-order valence-corrected chi connectivity index (χ4v) is 3.02. The smallest absolute Gasteiger partial charge is 0.209 e. The Morgan fingerprint density at radius 3 is 2.95 bits per heavy atom. The van der Waals surface area contributed by atoms with E-state index in [-0.39, 0.29) is 12.1 Å². The molecular weight excluding hydrogens is 254 g/mol. The van der Waals surface area contributed by atoms with E-state index in [1.807, 2.05) is 25.2 Å². The van der Waals surface area contributed by atoms with Gasteiger partial charge in [0.1, 0.15) is 5.52 Å². The first-order chi connectivity index (χ1) is 9.65. The molecule has 20 heavy (non-hydrogen) atoms. The molecule has 2 atom stereocenters. The molecule has 1 aliphatic rings. The van der Waals surface area contributed by atoms with E-state index in [1.165, 1.54) is 6.42 Å². The molecule has 0 bridgehead atoms. The second kappa shape index (κ2) is 5.42. The van der Waals surface area contributed by atoms with Crippen LogP contribution in [-0.2, 0) is 6.54 Å². The van der Waals surface area contributed by atoms with Crippen molar-refractivity contribution in [2.24, 2.45) is 0 Å². The molecule has 1 aliphatic carbocycles. The maximum Gasteiger partial charge on any atom is 0.209 e. The van der Waals surface area contributed by atoms with E-state index in [0.717, 1.165) is 30.4 Å². The maximum absolute atomic E-state index is 10.1. The Morgan fingerprint density at radius 1 is 1.40 bits per heavy atom. The average Bonchev–Trinajstić information content (AvgIpc) is 2.83. The molecule has 3 rings (SSSR count). The highest BCUT2D eigenvalue weighted by atomic mass is 16.3. The van der Waals surface area contributed by atoms with E-state index < -0.39 is 0 Å². The molecular formula is C15H21N3O2. The Bertz CT molecular complexity index is 596. The van der Waals surface area contributed by atoms with Gasteiger partial charge in [-0.15, -0.1) is 0 Å². The van der Waals surface area contributed by atoms with E-state index in [2.05, 4.69) is 9.88 Å². The summed E-state index contributed by atoms with van der Waals surface area (Å²) in [6.45, 7) is 0.593. The highest BCUT2D eigenvalue weighted by Gasteiger charge is 2.27. The summed E-state index contributed by atoms with van der Waals surface area (Å²) < 4.78 is 5.73.